The molecule has 19 heavy (non-hydrogen) atoms. The van der Waals surface area contributed by atoms with Gasteiger partial charge in [-0.3, -0.25) is 0 Å². The molecule has 6 nitrogen and oxygen atoms in total. The normalized spacial score (nSPS) is 14.9. The fourth-order valence-corrected chi connectivity index (χ4v) is 2.96. The van der Waals surface area contributed by atoms with Crippen molar-refractivity contribution in [1.29, 1.82) is 0 Å². The summed E-state index contributed by atoms with van der Waals surface area (Å²) in [6, 6.07) is 4.81. The van der Waals surface area contributed by atoms with Crippen LogP contribution in [0, 0.1) is 0 Å². The summed E-state index contributed by atoms with van der Waals surface area (Å²) in [5.41, 5.74) is 0.774. The maximum atomic E-state index is 12.0. The molecule has 0 spiro atoms. The van der Waals surface area contributed by atoms with Crippen LogP contribution < -0.4 is 14.4 Å². The van der Waals surface area contributed by atoms with Crippen LogP contribution in [0.1, 0.15) is 6.42 Å². The highest BCUT2D eigenvalue weighted by atomic mass is 32.2. The SMILES string of the molecule is CN1CCOc2ccc(S(=O)(=O)NCCCO)cc21. The first-order chi connectivity index (χ1) is 9.04. The molecule has 1 heterocycles. The van der Waals surface area contributed by atoms with E-state index in [4.69, 9.17) is 9.84 Å². The first-order valence-corrected chi connectivity index (χ1v) is 7.61. The van der Waals surface area contributed by atoms with E-state index in [2.05, 4.69) is 4.72 Å². The number of aliphatic hydroxyl groups excluding tert-OH is 1. The lowest BCUT2D eigenvalue weighted by molar-refractivity contribution is 0.289. The van der Waals surface area contributed by atoms with Gasteiger partial charge in [-0.2, -0.15) is 0 Å². The van der Waals surface area contributed by atoms with Gasteiger partial charge in [-0.25, -0.2) is 13.1 Å². The third-order valence-corrected chi connectivity index (χ3v) is 4.42. The monoisotopic (exact) mass is 286 g/mol. The molecule has 1 aliphatic rings. The fraction of sp³-hybridized carbons (Fsp3) is 0.500. The van der Waals surface area contributed by atoms with Gasteiger partial charge in [-0.1, -0.05) is 0 Å². The van der Waals surface area contributed by atoms with Crippen LogP contribution in [0.15, 0.2) is 23.1 Å². The van der Waals surface area contributed by atoms with Gasteiger partial charge >= 0.3 is 0 Å². The minimum absolute atomic E-state index is 0.0384. The van der Waals surface area contributed by atoms with E-state index in [0.29, 0.717) is 18.8 Å². The minimum Gasteiger partial charge on any atom is -0.490 e. The number of benzene rings is 1. The number of fused-ring (bicyclic) bond motifs is 1. The molecule has 7 heteroatoms. The summed E-state index contributed by atoms with van der Waals surface area (Å²) in [6.07, 6.45) is 0.396. The van der Waals surface area contributed by atoms with E-state index in [9.17, 15) is 8.42 Å². The van der Waals surface area contributed by atoms with Crippen molar-refractivity contribution in [2.24, 2.45) is 0 Å². The second-order valence-electron chi connectivity index (χ2n) is 4.37. The molecule has 106 valence electrons. The Morgan fingerprint density at radius 3 is 3.00 bits per heavy atom. The standard InChI is InChI=1S/C12H18N2O4S/c1-14-6-8-18-12-4-3-10(9-11(12)14)19(16,17)13-5-2-7-15/h3-4,9,13,15H,2,5-8H2,1H3. The van der Waals surface area contributed by atoms with Crippen molar-refractivity contribution in [3.05, 3.63) is 18.2 Å². The molecular formula is C12H18N2O4S. The Labute approximate surface area is 113 Å². The minimum atomic E-state index is -3.53. The van der Waals surface area contributed by atoms with Gasteiger partial charge in [0.15, 0.2) is 0 Å². The van der Waals surface area contributed by atoms with Crippen LogP contribution in [-0.4, -0.2) is 46.9 Å². The lowest BCUT2D eigenvalue weighted by atomic mass is 10.2. The van der Waals surface area contributed by atoms with Gasteiger partial charge in [0.25, 0.3) is 0 Å². The molecule has 0 amide bonds. The predicted octanol–water partition coefficient (Wildman–Crippen LogP) is 0.176. The lowest BCUT2D eigenvalue weighted by Gasteiger charge is -2.28. The summed E-state index contributed by atoms with van der Waals surface area (Å²) in [7, 11) is -1.63. The Kier molecular flexibility index (Phi) is 4.28. The lowest BCUT2D eigenvalue weighted by Crippen LogP contribution is -2.30. The molecule has 2 N–H and O–H groups in total. The summed E-state index contributed by atoms with van der Waals surface area (Å²) >= 11 is 0. The number of rotatable bonds is 5. The van der Waals surface area contributed by atoms with Crippen molar-refractivity contribution in [2.45, 2.75) is 11.3 Å². The van der Waals surface area contributed by atoms with Crippen molar-refractivity contribution < 1.29 is 18.3 Å². The molecule has 0 unspecified atom stereocenters. The summed E-state index contributed by atoms with van der Waals surface area (Å²) in [6.45, 7) is 1.52. The summed E-state index contributed by atoms with van der Waals surface area (Å²) in [4.78, 5) is 2.17. The Hall–Kier alpha value is -1.31. The molecule has 0 aromatic heterocycles. The Morgan fingerprint density at radius 2 is 2.26 bits per heavy atom. The molecule has 0 bridgehead atoms. The van der Waals surface area contributed by atoms with Gasteiger partial charge in [0.05, 0.1) is 17.1 Å². The quantitative estimate of drug-likeness (QED) is 0.755. The Balaban J connectivity index is 2.23. The average Bonchev–Trinajstić information content (AvgIpc) is 2.39. The highest BCUT2D eigenvalue weighted by Gasteiger charge is 2.20. The first-order valence-electron chi connectivity index (χ1n) is 6.13. The van der Waals surface area contributed by atoms with Gasteiger partial charge in [-0.05, 0) is 24.6 Å². The molecular weight excluding hydrogens is 268 g/mol. The molecule has 2 rings (SSSR count). The fourth-order valence-electron chi connectivity index (χ4n) is 1.87. The van der Waals surface area contributed by atoms with E-state index in [1.54, 1.807) is 12.1 Å². The van der Waals surface area contributed by atoms with Crippen LogP contribution in [0.3, 0.4) is 0 Å². The zero-order chi connectivity index (χ0) is 13.9. The molecule has 1 aliphatic heterocycles. The van der Waals surface area contributed by atoms with Crippen molar-refractivity contribution in [3.63, 3.8) is 0 Å². The Bertz CT molecular complexity index is 545. The van der Waals surface area contributed by atoms with Crippen molar-refractivity contribution in [1.82, 2.24) is 4.72 Å². The molecule has 0 fully saturated rings. The molecule has 0 saturated heterocycles. The first kappa shape index (κ1) is 14.1. The molecule has 0 atom stereocenters. The van der Waals surface area contributed by atoms with E-state index < -0.39 is 10.0 Å². The maximum Gasteiger partial charge on any atom is 0.240 e. The predicted molar refractivity (Wildman–Crippen MR) is 72.1 cm³/mol. The van der Waals surface area contributed by atoms with Crippen LogP contribution in [0.5, 0.6) is 5.75 Å². The van der Waals surface area contributed by atoms with E-state index in [-0.39, 0.29) is 18.0 Å². The zero-order valence-electron chi connectivity index (χ0n) is 10.8. The average molecular weight is 286 g/mol. The number of hydrogen-bond donors (Lipinski definition) is 2. The number of nitrogens with zero attached hydrogens (tertiary/aromatic N) is 1. The number of ether oxygens (including phenoxy) is 1. The van der Waals surface area contributed by atoms with Crippen LogP contribution >= 0.6 is 0 Å². The maximum absolute atomic E-state index is 12.0. The number of likely N-dealkylation sites (N-methyl/N-ethyl adjacent to an activating group) is 1. The zero-order valence-corrected chi connectivity index (χ0v) is 11.6. The summed E-state index contributed by atoms with van der Waals surface area (Å²) in [5.74, 6) is 0.697. The third-order valence-electron chi connectivity index (χ3n) is 2.96. The molecule has 1 aromatic rings. The highest BCUT2D eigenvalue weighted by Crippen LogP contribution is 2.32. The van der Waals surface area contributed by atoms with Gasteiger partial charge in [0, 0.05) is 20.2 Å². The van der Waals surface area contributed by atoms with Gasteiger partial charge in [0.1, 0.15) is 12.4 Å². The van der Waals surface area contributed by atoms with E-state index in [0.717, 1.165) is 12.2 Å². The van der Waals surface area contributed by atoms with E-state index in [1.165, 1.54) is 6.07 Å². The van der Waals surface area contributed by atoms with Crippen molar-refractivity contribution in [2.75, 3.05) is 38.3 Å². The van der Waals surface area contributed by atoms with Crippen LogP contribution in [-0.2, 0) is 10.0 Å². The number of aliphatic hydroxyl groups is 1. The molecule has 0 saturated carbocycles. The van der Waals surface area contributed by atoms with Gasteiger partial charge in [0.2, 0.25) is 10.0 Å². The van der Waals surface area contributed by atoms with E-state index >= 15 is 0 Å². The molecule has 1 aromatic carbocycles. The second kappa shape index (κ2) is 5.77. The van der Waals surface area contributed by atoms with Crippen LogP contribution in [0.4, 0.5) is 5.69 Å². The molecule has 0 aliphatic carbocycles. The van der Waals surface area contributed by atoms with Gasteiger partial charge in [-0.15, -0.1) is 0 Å². The topological polar surface area (TPSA) is 78.9 Å². The van der Waals surface area contributed by atoms with Gasteiger partial charge < -0.3 is 14.7 Å². The number of sulfonamides is 1. The van der Waals surface area contributed by atoms with Crippen LogP contribution in [0.25, 0.3) is 0 Å². The summed E-state index contributed by atoms with van der Waals surface area (Å²) < 4.78 is 32.0. The number of hydrogen-bond acceptors (Lipinski definition) is 5. The van der Waals surface area contributed by atoms with Crippen molar-refractivity contribution in [3.8, 4) is 5.75 Å². The Morgan fingerprint density at radius 1 is 1.47 bits per heavy atom. The number of anilines is 1. The third kappa shape index (κ3) is 3.17. The van der Waals surface area contributed by atoms with Crippen LogP contribution in [0.2, 0.25) is 0 Å². The summed E-state index contributed by atoms with van der Waals surface area (Å²) in [5, 5.41) is 8.67. The highest BCUT2D eigenvalue weighted by molar-refractivity contribution is 7.89. The number of nitrogens with one attached hydrogen (secondary N) is 1. The second-order valence-corrected chi connectivity index (χ2v) is 6.14. The van der Waals surface area contributed by atoms with Crippen molar-refractivity contribution >= 4 is 15.7 Å². The smallest absolute Gasteiger partial charge is 0.240 e. The molecule has 0 radical (unpaired) electrons. The largest absolute Gasteiger partial charge is 0.490 e. The van der Waals surface area contributed by atoms with E-state index in [1.807, 2.05) is 11.9 Å².